The van der Waals surface area contributed by atoms with Crippen LogP contribution >= 0.6 is 0 Å². The third-order valence-electron chi connectivity index (χ3n) is 4.05. The van der Waals surface area contributed by atoms with Crippen LogP contribution in [0.3, 0.4) is 0 Å². The van der Waals surface area contributed by atoms with E-state index in [9.17, 15) is 4.79 Å². The minimum atomic E-state index is -1.14. The van der Waals surface area contributed by atoms with Gasteiger partial charge in [0, 0.05) is 12.6 Å². The van der Waals surface area contributed by atoms with E-state index in [1.165, 1.54) is 6.07 Å². The van der Waals surface area contributed by atoms with Gasteiger partial charge >= 0.3 is 5.97 Å². The van der Waals surface area contributed by atoms with Gasteiger partial charge < -0.3 is 24.0 Å². The highest BCUT2D eigenvalue weighted by Gasteiger charge is 2.23. The van der Waals surface area contributed by atoms with E-state index in [-0.39, 0.29) is 11.8 Å². The largest absolute Gasteiger partial charge is 0.492 e. The fourth-order valence-electron chi connectivity index (χ4n) is 2.91. The van der Waals surface area contributed by atoms with E-state index in [0.717, 1.165) is 25.9 Å². The van der Waals surface area contributed by atoms with E-state index >= 15 is 0 Å². The Morgan fingerprint density at radius 3 is 2.96 bits per heavy atom. The summed E-state index contributed by atoms with van der Waals surface area (Å²) in [4.78, 5) is 13.2. The molecule has 0 saturated carbocycles. The zero-order chi connectivity index (χ0) is 17.1. The van der Waals surface area contributed by atoms with Gasteiger partial charge in [0.2, 0.25) is 0 Å². The maximum atomic E-state index is 11.0. The Labute approximate surface area is 139 Å². The predicted octanol–water partition coefficient (Wildman–Crippen LogP) is 2.52. The van der Waals surface area contributed by atoms with Crippen LogP contribution in [0.5, 0.6) is 11.5 Å². The fourth-order valence-corrected chi connectivity index (χ4v) is 2.91. The summed E-state index contributed by atoms with van der Waals surface area (Å²) in [5.74, 6) is 0.319. The number of nitrogens with zero attached hydrogens (tertiary/aromatic N) is 2. The number of piperidine rings is 1. The number of ether oxygens (including phenoxy) is 2. The van der Waals surface area contributed by atoms with E-state index in [2.05, 4.69) is 17.1 Å². The first-order valence-corrected chi connectivity index (χ1v) is 7.81. The summed E-state index contributed by atoms with van der Waals surface area (Å²) in [7, 11) is 3.62. The van der Waals surface area contributed by atoms with E-state index in [0.29, 0.717) is 22.8 Å². The van der Waals surface area contributed by atoms with Crippen LogP contribution in [0.4, 0.5) is 0 Å². The van der Waals surface area contributed by atoms with E-state index in [1.54, 1.807) is 13.2 Å². The number of para-hydroxylation sites is 1. The Hall–Kier alpha value is -2.54. The van der Waals surface area contributed by atoms with Crippen molar-refractivity contribution < 1.29 is 23.9 Å². The molecule has 7 heteroatoms. The van der Waals surface area contributed by atoms with Crippen molar-refractivity contribution in [1.29, 1.82) is 0 Å². The fraction of sp³-hybridized carbons (Fsp3) is 0.412. The van der Waals surface area contributed by atoms with Crippen molar-refractivity contribution in [2.24, 2.45) is 0 Å². The lowest BCUT2D eigenvalue weighted by Gasteiger charge is -2.30. The summed E-state index contributed by atoms with van der Waals surface area (Å²) < 4.78 is 16.8. The molecule has 0 amide bonds. The molecule has 1 unspecified atom stereocenters. The molecule has 3 rings (SSSR count). The van der Waals surface area contributed by atoms with E-state index in [4.69, 9.17) is 19.1 Å². The summed E-state index contributed by atoms with van der Waals surface area (Å²) in [6, 6.07) is 6.82. The van der Waals surface area contributed by atoms with Gasteiger partial charge in [-0.25, -0.2) is 4.79 Å². The second-order valence-electron chi connectivity index (χ2n) is 5.86. The molecule has 1 aromatic carbocycles. The van der Waals surface area contributed by atoms with Gasteiger partial charge in [-0.2, -0.15) is 0 Å². The van der Waals surface area contributed by atoms with Crippen LogP contribution in [-0.4, -0.2) is 54.5 Å². The maximum Gasteiger partial charge on any atom is 0.358 e. The molecular formula is C17H20N2O5. The number of likely N-dealkylation sites (tertiary alicyclic amines) is 1. The van der Waals surface area contributed by atoms with Gasteiger partial charge in [0.1, 0.15) is 6.10 Å². The molecule has 2 heterocycles. The van der Waals surface area contributed by atoms with Crippen molar-refractivity contribution >= 4 is 5.97 Å². The highest BCUT2D eigenvalue weighted by Crippen LogP contribution is 2.39. The molecule has 1 atom stereocenters. The molecule has 24 heavy (non-hydrogen) atoms. The zero-order valence-corrected chi connectivity index (χ0v) is 13.7. The third kappa shape index (κ3) is 3.35. The molecular weight excluding hydrogens is 312 g/mol. The topological polar surface area (TPSA) is 85.0 Å². The first-order valence-electron chi connectivity index (χ1n) is 7.81. The number of carboxylic acid groups (broad SMARTS) is 1. The second-order valence-corrected chi connectivity index (χ2v) is 5.86. The zero-order valence-electron chi connectivity index (χ0n) is 13.7. The molecule has 1 aliphatic rings. The Balaban J connectivity index is 1.89. The Kier molecular flexibility index (Phi) is 4.71. The van der Waals surface area contributed by atoms with Crippen molar-refractivity contribution in [3.05, 3.63) is 30.0 Å². The number of methoxy groups -OCH3 is 1. The summed E-state index contributed by atoms with van der Waals surface area (Å²) in [5.41, 5.74) is 0.464. The molecule has 0 aliphatic carbocycles. The average molecular weight is 332 g/mol. The van der Waals surface area contributed by atoms with E-state index in [1.807, 2.05) is 12.1 Å². The first kappa shape index (κ1) is 16.3. The first-order chi connectivity index (χ1) is 11.6. The quantitative estimate of drug-likeness (QED) is 0.900. The van der Waals surface area contributed by atoms with Crippen LogP contribution in [0, 0.1) is 0 Å². The monoisotopic (exact) mass is 332 g/mol. The molecule has 1 aromatic heterocycles. The number of hydrogen-bond donors (Lipinski definition) is 1. The van der Waals surface area contributed by atoms with Crippen molar-refractivity contribution in [1.82, 2.24) is 10.1 Å². The lowest BCUT2D eigenvalue weighted by atomic mass is 10.1. The number of benzene rings is 1. The van der Waals surface area contributed by atoms with Gasteiger partial charge in [-0.05, 0) is 38.6 Å². The third-order valence-corrected chi connectivity index (χ3v) is 4.05. The van der Waals surface area contributed by atoms with E-state index < -0.39 is 5.97 Å². The van der Waals surface area contributed by atoms with Gasteiger partial charge in [-0.1, -0.05) is 11.2 Å². The van der Waals surface area contributed by atoms with Crippen LogP contribution in [0.1, 0.15) is 23.3 Å². The smallest absolute Gasteiger partial charge is 0.358 e. The van der Waals surface area contributed by atoms with Crippen LogP contribution in [0.2, 0.25) is 0 Å². The summed E-state index contributed by atoms with van der Waals surface area (Å²) in [5, 5.41) is 12.5. The standard InChI is InChI=1S/C17H20N2O5/c1-19-8-4-5-11(10-19)23-14-7-3-6-12(16(14)22-2)15-9-13(17(20)21)18-24-15/h3,6-7,9,11H,4-5,8,10H2,1-2H3,(H,20,21). The van der Waals surface area contributed by atoms with Crippen molar-refractivity contribution in [3.8, 4) is 22.8 Å². The molecule has 1 N–H and O–H groups in total. The Morgan fingerprint density at radius 2 is 2.29 bits per heavy atom. The number of carboxylic acids is 1. The number of likely N-dealkylation sites (N-methyl/N-ethyl adjacent to an activating group) is 1. The lowest BCUT2D eigenvalue weighted by molar-refractivity contribution is 0.0685. The van der Waals surface area contributed by atoms with Gasteiger partial charge in [0.05, 0.1) is 12.7 Å². The highest BCUT2D eigenvalue weighted by molar-refractivity contribution is 5.87. The highest BCUT2D eigenvalue weighted by atomic mass is 16.5. The number of aromatic carboxylic acids is 1. The van der Waals surface area contributed by atoms with Crippen molar-refractivity contribution in [3.63, 3.8) is 0 Å². The molecule has 1 aliphatic heterocycles. The van der Waals surface area contributed by atoms with Gasteiger partial charge in [-0.15, -0.1) is 0 Å². The summed E-state index contributed by atoms with van der Waals surface area (Å²) >= 11 is 0. The van der Waals surface area contributed by atoms with Crippen LogP contribution in [0.25, 0.3) is 11.3 Å². The second kappa shape index (κ2) is 6.92. The Bertz CT molecular complexity index is 728. The predicted molar refractivity (Wildman–Crippen MR) is 86.6 cm³/mol. The normalized spacial score (nSPS) is 18.3. The molecule has 1 saturated heterocycles. The SMILES string of the molecule is COc1c(OC2CCCN(C)C2)cccc1-c1cc(C(=O)O)no1. The molecule has 0 spiro atoms. The van der Waals surface area contributed by atoms with Gasteiger partial charge in [0.25, 0.3) is 0 Å². The van der Waals surface area contributed by atoms with Crippen molar-refractivity contribution in [2.45, 2.75) is 18.9 Å². The van der Waals surface area contributed by atoms with Crippen molar-refractivity contribution in [2.75, 3.05) is 27.2 Å². The molecule has 7 nitrogen and oxygen atoms in total. The molecule has 0 radical (unpaired) electrons. The number of carbonyl (C=O) groups is 1. The molecule has 2 aromatic rings. The van der Waals surface area contributed by atoms with Crippen LogP contribution in [0.15, 0.2) is 28.8 Å². The van der Waals surface area contributed by atoms with Crippen LogP contribution < -0.4 is 9.47 Å². The van der Waals surface area contributed by atoms with Crippen LogP contribution in [-0.2, 0) is 0 Å². The van der Waals surface area contributed by atoms with Gasteiger partial charge in [-0.3, -0.25) is 0 Å². The minimum absolute atomic E-state index is 0.0946. The molecule has 128 valence electrons. The summed E-state index contributed by atoms with van der Waals surface area (Å²) in [6.07, 6.45) is 2.17. The lowest BCUT2D eigenvalue weighted by Crippen LogP contribution is -2.38. The average Bonchev–Trinajstić information content (AvgIpc) is 3.05. The number of hydrogen-bond acceptors (Lipinski definition) is 6. The maximum absolute atomic E-state index is 11.0. The molecule has 1 fully saturated rings. The minimum Gasteiger partial charge on any atom is -0.492 e. The Morgan fingerprint density at radius 1 is 1.46 bits per heavy atom. The summed E-state index contributed by atoms with van der Waals surface area (Å²) in [6.45, 7) is 1.94. The number of aromatic nitrogens is 1. The molecule has 0 bridgehead atoms. The van der Waals surface area contributed by atoms with Gasteiger partial charge in [0.15, 0.2) is 23.0 Å². The number of rotatable bonds is 5.